The molecule has 0 unspecified atom stereocenters. The molecule has 66 valence electrons. The molecule has 2 rings (SSSR count). The first-order valence-corrected chi connectivity index (χ1v) is 5.01. The van der Waals surface area contributed by atoms with Crippen LogP contribution >= 0.6 is 8.54 Å². The van der Waals surface area contributed by atoms with Gasteiger partial charge in [0.1, 0.15) is 0 Å². The van der Waals surface area contributed by atoms with Gasteiger partial charge in [-0.05, 0) is 16.8 Å². The molecule has 0 saturated carbocycles. The Morgan fingerprint density at radius 2 is 1.54 bits per heavy atom. The van der Waals surface area contributed by atoms with Gasteiger partial charge in [0.25, 0.3) is 8.54 Å². The minimum Gasteiger partial charge on any atom is -0.183 e. The molecule has 3 heteroatoms. The van der Waals surface area contributed by atoms with Crippen molar-refractivity contribution >= 4 is 24.6 Å². The summed E-state index contributed by atoms with van der Waals surface area (Å²) in [7, 11) is -3.00. The van der Waals surface area contributed by atoms with Crippen LogP contribution in [0, 0.1) is 0 Å². The van der Waals surface area contributed by atoms with Gasteiger partial charge in [-0.1, -0.05) is 36.4 Å². The highest BCUT2D eigenvalue weighted by Gasteiger charge is 2.11. The summed E-state index contributed by atoms with van der Waals surface area (Å²) in [4.78, 5) is 0. The number of fused-ring (bicyclic) bond motifs is 1. The molecule has 0 N–H and O–H groups in total. The Morgan fingerprint density at radius 1 is 0.846 bits per heavy atom. The topological polar surface area (TPSA) is 0 Å². The SMILES string of the molecule is FP(F)c1cccc2ccccc12. The fraction of sp³-hybridized carbons (Fsp3) is 0. The minimum absolute atomic E-state index is 0.174. The molecule has 0 bridgehead atoms. The zero-order valence-electron chi connectivity index (χ0n) is 6.74. The lowest BCUT2D eigenvalue weighted by Crippen LogP contribution is -1.96. The van der Waals surface area contributed by atoms with Crippen LogP contribution < -0.4 is 5.30 Å². The van der Waals surface area contributed by atoms with Crippen LogP contribution in [0.3, 0.4) is 0 Å². The summed E-state index contributed by atoms with van der Waals surface area (Å²) in [6.07, 6.45) is 0. The molecular weight excluding hydrogens is 189 g/mol. The molecule has 0 aliphatic rings. The second-order valence-corrected chi connectivity index (χ2v) is 3.68. The fourth-order valence-electron chi connectivity index (χ4n) is 1.36. The Bertz CT molecular complexity index is 421. The molecule has 0 amide bonds. The van der Waals surface area contributed by atoms with E-state index >= 15 is 0 Å². The van der Waals surface area contributed by atoms with Crippen molar-refractivity contribution in [3.05, 3.63) is 42.5 Å². The van der Waals surface area contributed by atoms with Gasteiger partial charge >= 0.3 is 0 Å². The Hall–Kier alpha value is -1.01. The summed E-state index contributed by atoms with van der Waals surface area (Å²) in [5.74, 6) is 0. The Kier molecular flexibility index (Phi) is 2.24. The van der Waals surface area contributed by atoms with Crippen molar-refractivity contribution in [2.45, 2.75) is 0 Å². The first kappa shape index (κ1) is 8.58. The monoisotopic (exact) mass is 196 g/mol. The van der Waals surface area contributed by atoms with Gasteiger partial charge in [0, 0.05) is 5.30 Å². The fourth-order valence-corrected chi connectivity index (χ4v) is 1.94. The van der Waals surface area contributed by atoms with Crippen LogP contribution in [0.4, 0.5) is 8.39 Å². The molecule has 0 atom stereocenters. The third kappa shape index (κ3) is 1.54. The molecular formula is C10H7F2P. The number of rotatable bonds is 1. The molecule has 13 heavy (non-hydrogen) atoms. The molecule has 0 saturated heterocycles. The van der Waals surface area contributed by atoms with E-state index in [1.807, 2.05) is 18.2 Å². The molecule has 0 spiro atoms. The van der Waals surface area contributed by atoms with Crippen LogP contribution in [0.15, 0.2) is 42.5 Å². The van der Waals surface area contributed by atoms with Crippen LogP contribution in [0.1, 0.15) is 0 Å². The first-order valence-electron chi connectivity index (χ1n) is 3.88. The largest absolute Gasteiger partial charge is 0.298 e. The lowest BCUT2D eigenvalue weighted by Gasteiger charge is -2.02. The predicted octanol–water partition coefficient (Wildman–Crippen LogP) is 3.72. The zero-order chi connectivity index (χ0) is 9.26. The maximum Gasteiger partial charge on any atom is 0.298 e. The van der Waals surface area contributed by atoms with Crippen molar-refractivity contribution in [3.63, 3.8) is 0 Å². The number of benzene rings is 2. The standard InChI is InChI=1S/C10H7F2P/c11-13(12)10-7-3-5-8-4-1-2-6-9(8)10/h1-7H. The minimum atomic E-state index is -3.00. The number of hydrogen-bond acceptors (Lipinski definition) is 0. The Morgan fingerprint density at radius 3 is 2.31 bits per heavy atom. The molecule has 2 aromatic carbocycles. The molecule has 0 radical (unpaired) electrons. The van der Waals surface area contributed by atoms with E-state index in [4.69, 9.17) is 0 Å². The molecule has 0 nitrogen and oxygen atoms in total. The van der Waals surface area contributed by atoms with Gasteiger partial charge in [-0.2, -0.15) is 8.39 Å². The van der Waals surface area contributed by atoms with E-state index < -0.39 is 8.54 Å². The van der Waals surface area contributed by atoms with E-state index in [-0.39, 0.29) is 5.30 Å². The summed E-state index contributed by atoms with van der Waals surface area (Å²) < 4.78 is 25.1. The van der Waals surface area contributed by atoms with Crippen molar-refractivity contribution < 1.29 is 8.39 Å². The smallest absolute Gasteiger partial charge is 0.183 e. The summed E-state index contributed by atoms with van der Waals surface area (Å²) in [5, 5.41) is 1.72. The molecule has 0 fully saturated rings. The number of hydrogen-bond donors (Lipinski definition) is 0. The Labute approximate surface area is 76.2 Å². The third-order valence-electron chi connectivity index (χ3n) is 1.95. The molecule has 0 aromatic heterocycles. The van der Waals surface area contributed by atoms with Gasteiger partial charge in [0.05, 0.1) is 0 Å². The molecule has 0 aliphatic heterocycles. The second kappa shape index (κ2) is 3.39. The lowest BCUT2D eigenvalue weighted by molar-refractivity contribution is 0.764. The average Bonchev–Trinajstić information content (AvgIpc) is 2.17. The highest BCUT2D eigenvalue weighted by molar-refractivity contribution is 7.55. The molecule has 0 heterocycles. The summed E-state index contributed by atoms with van der Waals surface area (Å²) >= 11 is 0. The first-order chi connectivity index (χ1) is 6.29. The van der Waals surface area contributed by atoms with Crippen LogP contribution in [0.5, 0.6) is 0 Å². The van der Waals surface area contributed by atoms with Gasteiger partial charge in [-0.25, -0.2) is 0 Å². The lowest BCUT2D eigenvalue weighted by atomic mass is 10.1. The van der Waals surface area contributed by atoms with E-state index in [0.29, 0.717) is 5.39 Å². The van der Waals surface area contributed by atoms with Crippen LogP contribution in [-0.2, 0) is 0 Å². The van der Waals surface area contributed by atoms with Crippen molar-refractivity contribution in [2.24, 2.45) is 0 Å². The van der Waals surface area contributed by atoms with E-state index in [2.05, 4.69) is 0 Å². The highest BCUT2D eigenvalue weighted by Crippen LogP contribution is 2.39. The third-order valence-corrected chi connectivity index (χ3v) is 2.70. The van der Waals surface area contributed by atoms with Gasteiger partial charge in [-0.15, -0.1) is 0 Å². The van der Waals surface area contributed by atoms with Crippen LogP contribution in [-0.4, -0.2) is 0 Å². The quantitative estimate of drug-likeness (QED) is 0.610. The highest BCUT2D eigenvalue weighted by atomic mass is 31.2. The molecule has 0 aliphatic carbocycles. The number of halogens is 2. The van der Waals surface area contributed by atoms with Gasteiger partial charge in [0.2, 0.25) is 0 Å². The summed E-state index contributed by atoms with van der Waals surface area (Å²) in [5.41, 5.74) is 0. The van der Waals surface area contributed by atoms with E-state index in [9.17, 15) is 8.39 Å². The van der Waals surface area contributed by atoms with Crippen molar-refractivity contribution in [1.29, 1.82) is 0 Å². The van der Waals surface area contributed by atoms with Crippen LogP contribution in [0.25, 0.3) is 10.8 Å². The van der Waals surface area contributed by atoms with Crippen molar-refractivity contribution in [3.8, 4) is 0 Å². The second-order valence-electron chi connectivity index (χ2n) is 2.73. The van der Waals surface area contributed by atoms with Gasteiger partial charge < -0.3 is 0 Å². The summed E-state index contributed by atoms with van der Waals surface area (Å²) in [6.45, 7) is 0. The van der Waals surface area contributed by atoms with Gasteiger partial charge in [0.15, 0.2) is 0 Å². The van der Waals surface area contributed by atoms with Crippen LogP contribution in [0.2, 0.25) is 0 Å². The zero-order valence-corrected chi connectivity index (χ0v) is 7.64. The van der Waals surface area contributed by atoms with Crippen molar-refractivity contribution in [2.75, 3.05) is 0 Å². The maximum absolute atomic E-state index is 12.6. The maximum atomic E-state index is 12.6. The normalized spacial score (nSPS) is 11.0. The van der Waals surface area contributed by atoms with Gasteiger partial charge in [-0.3, -0.25) is 0 Å². The van der Waals surface area contributed by atoms with E-state index in [1.165, 1.54) is 6.07 Å². The van der Waals surface area contributed by atoms with Crippen molar-refractivity contribution in [1.82, 2.24) is 0 Å². The average molecular weight is 196 g/mol. The van der Waals surface area contributed by atoms with E-state index in [0.717, 1.165) is 5.39 Å². The Balaban J connectivity index is 2.76. The van der Waals surface area contributed by atoms with E-state index in [1.54, 1.807) is 18.2 Å². The predicted molar refractivity (Wildman–Crippen MR) is 52.7 cm³/mol. The molecule has 2 aromatic rings. The summed E-state index contributed by atoms with van der Waals surface area (Å²) in [6, 6.07) is 12.2.